The van der Waals surface area contributed by atoms with Gasteiger partial charge in [0.1, 0.15) is 0 Å². The van der Waals surface area contributed by atoms with Crippen molar-refractivity contribution in [2.24, 2.45) is 0 Å². The monoisotopic (exact) mass is 393 g/mol. The number of nitrogens with one attached hydrogen (secondary N) is 1. The molecular weight excluding hydrogens is 362 g/mol. The molecule has 28 heavy (non-hydrogen) atoms. The number of thioether (sulfide) groups is 1. The normalized spacial score (nSPS) is 15.6. The van der Waals surface area contributed by atoms with Crippen LogP contribution in [-0.2, 0) is 0 Å². The van der Waals surface area contributed by atoms with Crippen molar-refractivity contribution in [2.75, 3.05) is 43.4 Å². The van der Waals surface area contributed by atoms with E-state index in [1.165, 1.54) is 45.8 Å². The van der Waals surface area contributed by atoms with Crippen molar-refractivity contribution in [3.8, 4) is 0 Å². The number of hydrogen-bond acceptors (Lipinski definition) is 3. The zero-order valence-corrected chi connectivity index (χ0v) is 17.8. The summed E-state index contributed by atoms with van der Waals surface area (Å²) < 4.78 is 0. The Bertz CT molecular complexity index is 894. The summed E-state index contributed by atoms with van der Waals surface area (Å²) >= 11 is 2.02. The van der Waals surface area contributed by atoms with E-state index in [0.29, 0.717) is 5.92 Å². The largest absolute Gasteiger partial charge is 0.368 e. The minimum Gasteiger partial charge on any atom is -0.368 e. The van der Waals surface area contributed by atoms with Crippen LogP contribution < -0.4 is 4.90 Å². The van der Waals surface area contributed by atoms with Crippen molar-refractivity contribution in [1.29, 1.82) is 0 Å². The highest BCUT2D eigenvalue weighted by Crippen LogP contribution is 2.29. The van der Waals surface area contributed by atoms with Crippen LogP contribution in [0.1, 0.15) is 31.7 Å². The van der Waals surface area contributed by atoms with Crippen LogP contribution in [0, 0.1) is 0 Å². The average molecular weight is 394 g/mol. The second-order valence-corrected chi connectivity index (χ2v) is 9.08. The Hall–Kier alpha value is -1.91. The molecular formula is C24H31N3S. The Labute approximate surface area is 173 Å². The van der Waals surface area contributed by atoms with Crippen LogP contribution in [0.15, 0.2) is 59.6 Å². The molecule has 4 rings (SSSR count). The lowest BCUT2D eigenvalue weighted by molar-refractivity contribution is 0.259. The molecule has 0 aliphatic carbocycles. The molecule has 1 fully saturated rings. The highest BCUT2D eigenvalue weighted by Gasteiger charge is 2.18. The third-order valence-electron chi connectivity index (χ3n) is 5.70. The van der Waals surface area contributed by atoms with Gasteiger partial charge in [0.05, 0.1) is 0 Å². The molecule has 4 heteroatoms. The van der Waals surface area contributed by atoms with Gasteiger partial charge >= 0.3 is 0 Å². The molecule has 0 atom stereocenters. The van der Waals surface area contributed by atoms with Gasteiger partial charge in [-0.1, -0.05) is 38.1 Å². The van der Waals surface area contributed by atoms with Gasteiger partial charge in [0, 0.05) is 53.9 Å². The van der Waals surface area contributed by atoms with Gasteiger partial charge < -0.3 is 9.88 Å². The minimum absolute atomic E-state index is 0.598. The fourth-order valence-corrected chi connectivity index (χ4v) is 5.25. The van der Waals surface area contributed by atoms with E-state index in [4.69, 9.17) is 0 Å². The highest BCUT2D eigenvalue weighted by molar-refractivity contribution is 7.99. The molecule has 1 aromatic heterocycles. The van der Waals surface area contributed by atoms with Crippen molar-refractivity contribution in [1.82, 2.24) is 9.88 Å². The maximum absolute atomic E-state index is 3.33. The number of piperazine rings is 1. The molecule has 0 saturated carbocycles. The lowest BCUT2D eigenvalue weighted by Gasteiger charge is -2.36. The second kappa shape index (κ2) is 9.06. The third-order valence-corrected chi connectivity index (χ3v) is 6.88. The molecule has 0 spiro atoms. The first-order valence-corrected chi connectivity index (χ1v) is 11.5. The molecule has 3 aromatic rings. The van der Waals surface area contributed by atoms with Crippen LogP contribution in [-0.4, -0.2) is 48.4 Å². The van der Waals surface area contributed by atoms with E-state index in [-0.39, 0.29) is 0 Å². The van der Waals surface area contributed by atoms with Gasteiger partial charge in [0.15, 0.2) is 0 Å². The van der Waals surface area contributed by atoms with Crippen molar-refractivity contribution < 1.29 is 0 Å². The summed E-state index contributed by atoms with van der Waals surface area (Å²) in [5.74, 6) is 1.80. The van der Waals surface area contributed by atoms with Gasteiger partial charge in [-0.05, 0) is 54.5 Å². The number of aromatic amines is 1. The van der Waals surface area contributed by atoms with E-state index >= 15 is 0 Å². The lowest BCUT2D eigenvalue weighted by atomic mass is 10.0. The molecule has 1 aliphatic rings. The first-order chi connectivity index (χ1) is 13.7. The number of nitrogens with zero attached hydrogens (tertiary/aromatic N) is 2. The van der Waals surface area contributed by atoms with Gasteiger partial charge in [-0.2, -0.15) is 0 Å². The van der Waals surface area contributed by atoms with E-state index < -0.39 is 0 Å². The lowest BCUT2D eigenvalue weighted by Crippen LogP contribution is -2.46. The highest BCUT2D eigenvalue weighted by atomic mass is 32.2. The second-order valence-electron chi connectivity index (χ2n) is 7.94. The number of benzene rings is 2. The van der Waals surface area contributed by atoms with E-state index in [1.54, 1.807) is 0 Å². The van der Waals surface area contributed by atoms with E-state index in [2.05, 4.69) is 77.2 Å². The van der Waals surface area contributed by atoms with Crippen LogP contribution in [0.25, 0.3) is 10.9 Å². The smallest absolute Gasteiger partial charge is 0.0474 e. The van der Waals surface area contributed by atoms with Gasteiger partial charge in [-0.3, -0.25) is 4.90 Å². The Morgan fingerprint density at radius 2 is 1.79 bits per heavy atom. The molecule has 0 unspecified atom stereocenters. The number of fused-ring (bicyclic) bond motifs is 1. The van der Waals surface area contributed by atoms with Crippen LogP contribution in [0.5, 0.6) is 0 Å². The van der Waals surface area contributed by atoms with Crippen molar-refractivity contribution >= 4 is 28.4 Å². The van der Waals surface area contributed by atoms with E-state index in [9.17, 15) is 0 Å². The van der Waals surface area contributed by atoms with Crippen LogP contribution in [0.4, 0.5) is 5.69 Å². The van der Waals surface area contributed by atoms with E-state index in [1.807, 2.05) is 18.0 Å². The quantitative estimate of drug-likeness (QED) is 0.417. The maximum atomic E-state index is 3.33. The number of anilines is 1. The summed E-state index contributed by atoms with van der Waals surface area (Å²) in [6, 6.07) is 17.7. The third kappa shape index (κ3) is 4.39. The molecule has 0 radical (unpaired) electrons. The predicted molar refractivity (Wildman–Crippen MR) is 123 cm³/mol. The first kappa shape index (κ1) is 19.4. The number of rotatable bonds is 7. The summed E-state index contributed by atoms with van der Waals surface area (Å²) in [5.41, 5.74) is 4.10. The summed E-state index contributed by atoms with van der Waals surface area (Å²) in [7, 11) is 0. The Morgan fingerprint density at radius 1 is 0.964 bits per heavy atom. The number of aromatic nitrogens is 1. The molecule has 1 saturated heterocycles. The van der Waals surface area contributed by atoms with Crippen LogP contribution in [0.3, 0.4) is 0 Å². The topological polar surface area (TPSA) is 22.3 Å². The Morgan fingerprint density at radius 3 is 2.61 bits per heavy atom. The maximum Gasteiger partial charge on any atom is 0.0474 e. The van der Waals surface area contributed by atoms with Gasteiger partial charge in [0.2, 0.25) is 0 Å². The summed E-state index contributed by atoms with van der Waals surface area (Å²) in [6.45, 7) is 10.3. The Kier molecular flexibility index (Phi) is 6.28. The summed E-state index contributed by atoms with van der Waals surface area (Å²) in [5, 5.41) is 1.34. The zero-order chi connectivity index (χ0) is 19.3. The fraction of sp³-hybridized carbons (Fsp3) is 0.417. The molecule has 2 heterocycles. The minimum atomic E-state index is 0.598. The molecule has 1 aliphatic heterocycles. The average Bonchev–Trinajstić information content (AvgIpc) is 3.21. The van der Waals surface area contributed by atoms with Crippen LogP contribution in [0.2, 0.25) is 0 Å². The SMILES string of the molecule is CC(C)c1ccccc1SCCCN1CCN(c2cccc3[nH]ccc23)CC1. The zero-order valence-electron chi connectivity index (χ0n) is 17.0. The van der Waals surface area contributed by atoms with Crippen molar-refractivity contribution in [3.63, 3.8) is 0 Å². The fourth-order valence-electron chi connectivity index (χ4n) is 4.12. The molecule has 2 aromatic carbocycles. The van der Waals surface area contributed by atoms with E-state index in [0.717, 1.165) is 26.2 Å². The summed E-state index contributed by atoms with van der Waals surface area (Å²) in [6.07, 6.45) is 3.30. The van der Waals surface area contributed by atoms with Crippen LogP contribution >= 0.6 is 11.8 Å². The van der Waals surface area contributed by atoms with Gasteiger partial charge in [0.25, 0.3) is 0 Å². The molecule has 1 N–H and O–H groups in total. The van der Waals surface area contributed by atoms with Gasteiger partial charge in [-0.25, -0.2) is 0 Å². The first-order valence-electron chi connectivity index (χ1n) is 10.5. The Balaban J connectivity index is 1.24. The number of hydrogen-bond donors (Lipinski definition) is 1. The predicted octanol–water partition coefficient (Wildman–Crippen LogP) is 5.60. The van der Waals surface area contributed by atoms with Crippen molar-refractivity contribution in [2.45, 2.75) is 31.1 Å². The molecule has 0 bridgehead atoms. The van der Waals surface area contributed by atoms with Gasteiger partial charge in [-0.15, -0.1) is 11.8 Å². The standard InChI is InChI=1S/C24H31N3S/c1-19(2)20-7-3-4-10-24(20)28-18-6-13-26-14-16-27(17-15-26)23-9-5-8-22-21(23)11-12-25-22/h3-5,7-12,19,25H,6,13-18H2,1-2H3. The summed E-state index contributed by atoms with van der Waals surface area (Å²) in [4.78, 5) is 9.96. The molecule has 0 amide bonds. The molecule has 3 nitrogen and oxygen atoms in total. The van der Waals surface area contributed by atoms with Crippen molar-refractivity contribution in [3.05, 3.63) is 60.3 Å². The molecule has 148 valence electrons. The number of H-pyrrole nitrogens is 1.